The summed E-state index contributed by atoms with van der Waals surface area (Å²) in [5.41, 5.74) is 2.00. The Morgan fingerprint density at radius 1 is 0.765 bits per heavy atom. The fourth-order valence-corrected chi connectivity index (χ4v) is 7.20. The minimum Gasteiger partial charge on any atom is -0.501 e. The molecular weight excluding hydrogens is 817 g/mol. The molecule has 3 heterocycles. The zero-order valence-corrected chi connectivity index (χ0v) is 33.0. The summed E-state index contributed by atoms with van der Waals surface area (Å²) in [5, 5.41) is 2.69. The van der Waals surface area contributed by atoms with E-state index >= 15 is 0 Å². The van der Waals surface area contributed by atoms with Crippen molar-refractivity contribution in [3.05, 3.63) is 139 Å². The number of nitrogens with zero attached hydrogens (tertiary/aromatic N) is 2. The topological polar surface area (TPSA) is 38.9 Å². The summed E-state index contributed by atoms with van der Waals surface area (Å²) >= 11 is 0. The summed E-state index contributed by atoms with van der Waals surface area (Å²) in [6, 6.07) is 37.4. The second-order valence-corrected chi connectivity index (χ2v) is 19.5. The van der Waals surface area contributed by atoms with Gasteiger partial charge in [0.15, 0.2) is 0 Å². The molecule has 0 N–H and O–H groups in total. The molecule has 0 atom stereocenters. The number of benzene rings is 4. The van der Waals surface area contributed by atoms with Gasteiger partial charge in [0.1, 0.15) is 5.58 Å². The van der Waals surface area contributed by atoms with Crippen LogP contribution >= 0.6 is 0 Å². The number of pyridine rings is 2. The molecule has 0 bridgehead atoms. The largest absolute Gasteiger partial charge is 0.501 e. The van der Waals surface area contributed by atoms with Crippen LogP contribution in [0.3, 0.4) is 0 Å². The van der Waals surface area contributed by atoms with Crippen LogP contribution in [-0.2, 0) is 31.9 Å². The Morgan fingerprint density at radius 3 is 2.22 bits per heavy atom. The molecule has 0 aliphatic rings. The van der Waals surface area contributed by atoms with E-state index in [1.54, 1.807) is 6.07 Å². The summed E-state index contributed by atoms with van der Waals surface area (Å²) < 4.78 is 95.9. The average molecular weight is 876 g/mol. The fourth-order valence-electron chi connectivity index (χ4n) is 5.80. The van der Waals surface area contributed by atoms with Crippen molar-refractivity contribution in [3.63, 3.8) is 0 Å². The summed E-state index contributed by atoms with van der Waals surface area (Å²) in [4.78, 5) is 8.92. The van der Waals surface area contributed by atoms with Gasteiger partial charge in [0.2, 0.25) is 0 Å². The molecule has 0 fully saturated rings. The Kier molecular flexibility index (Phi) is 7.68. The monoisotopic (exact) mass is 876 g/mol. The molecule has 1 radical (unpaired) electrons. The van der Waals surface area contributed by atoms with Crippen molar-refractivity contribution < 1.29 is 39.6 Å². The number of fused-ring (bicyclic) bond motifs is 3. The van der Waals surface area contributed by atoms with Crippen LogP contribution in [0.2, 0.25) is 19.6 Å². The van der Waals surface area contributed by atoms with E-state index in [0.717, 1.165) is 50.0 Å². The third kappa shape index (κ3) is 9.02. The molecule has 0 saturated heterocycles. The minimum atomic E-state index is -3.37. The summed E-state index contributed by atoms with van der Waals surface area (Å²) in [7, 11) is -1.70. The molecule has 7 rings (SSSR count). The number of aromatic nitrogens is 2. The first-order valence-electron chi connectivity index (χ1n) is 22.1. The average Bonchev–Trinajstić information content (AvgIpc) is 3.55. The first kappa shape index (κ1) is 25.7. The number of hydrogen-bond donors (Lipinski definition) is 0. The molecular formula is C46H48IrN2OSi-2. The maximum Gasteiger partial charge on any atom is 0.121 e. The molecule has 0 aliphatic heterocycles. The van der Waals surface area contributed by atoms with E-state index in [-0.39, 0.29) is 31.4 Å². The standard InChI is InChI=1S/C27H22NO.C19H26NSi.Ir/c1-27(2,3)20-14-15-28-24(17-20)23-11-7-10-22-21-13-12-19(16-25(21)29-26(22)23)18-8-5-4-6-9-18;1-19(2,3)13-16-12-17(15-10-8-7-9-11-15)20-14-18(16)21(4,5)6;/h4-10,12-17H,1-3H3;7-10,12,14H,13H2,1-6H3;/q2*-1;/i1D3,2D3,3D3;13D2;. The molecule has 0 saturated carbocycles. The van der Waals surface area contributed by atoms with Crippen LogP contribution in [-0.4, -0.2) is 18.0 Å². The van der Waals surface area contributed by atoms with E-state index in [9.17, 15) is 0 Å². The van der Waals surface area contributed by atoms with Crippen molar-refractivity contribution >= 4 is 35.2 Å². The first-order valence-corrected chi connectivity index (χ1v) is 20.1. The molecule has 3 aromatic heterocycles. The second kappa shape index (κ2) is 15.2. The first-order chi connectivity index (χ1) is 28.2. The quantitative estimate of drug-likeness (QED) is 0.128. The van der Waals surface area contributed by atoms with Gasteiger partial charge in [-0.15, -0.1) is 54.1 Å². The Balaban J connectivity index is 0.000000260. The zero-order valence-electron chi connectivity index (χ0n) is 40.6. The number of rotatable bonds is 5. The molecule has 51 heavy (non-hydrogen) atoms. The van der Waals surface area contributed by atoms with Gasteiger partial charge in [-0.25, -0.2) is 0 Å². The predicted octanol–water partition coefficient (Wildman–Crippen LogP) is 12.1. The van der Waals surface area contributed by atoms with Gasteiger partial charge in [-0.05, 0) is 62.6 Å². The zero-order chi connectivity index (χ0) is 45.0. The number of furan rings is 1. The van der Waals surface area contributed by atoms with Gasteiger partial charge in [-0.3, -0.25) is 0 Å². The van der Waals surface area contributed by atoms with Gasteiger partial charge in [0, 0.05) is 53.0 Å². The van der Waals surface area contributed by atoms with Crippen molar-refractivity contribution in [1.29, 1.82) is 0 Å². The Hall–Kier alpha value is -4.15. The fraction of sp³-hybridized carbons (Fsp3) is 0.261. The predicted molar refractivity (Wildman–Crippen MR) is 215 cm³/mol. The van der Waals surface area contributed by atoms with E-state index < -0.39 is 45.8 Å². The summed E-state index contributed by atoms with van der Waals surface area (Å²) in [6.45, 7) is 2.46. The molecule has 4 aromatic carbocycles. The van der Waals surface area contributed by atoms with Gasteiger partial charge in [0.25, 0.3) is 0 Å². The van der Waals surface area contributed by atoms with Crippen LogP contribution in [0.15, 0.2) is 120 Å². The van der Waals surface area contributed by atoms with Crippen LogP contribution in [0.1, 0.15) is 67.5 Å². The van der Waals surface area contributed by atoms with Gasteiger partial charge in [0.05, 0.1) is 13.7 Å². The van der Waals surface area contributed by atoms with Gasteiger partial charge in [-0.2, -0.15) is 0 Å². The maximum absolute atomic E-state index is 8.75. The van der Waals surface area contributed by atoms with Crippen LogP contribution < -0.4 is 5.19 Å². The third-order valence-corrected chi connectivity index (χ3v) is 10.2. The van der Waals surface area contributed by atoms with E-state index in [1.165, 1.54) is 12.3 Å². The van der Waals surface area contributed by atoms with Crippen molar-refractivity contribution in [3.8, 4) is 33.6 Å². The molecule has 5 heteroatoms. The Morgan fingerprint density at radius 2 is 1.53 bits per heavy atom. The molecule has 0 unspecified atom stereocenters. The maximum atomic E-state index is 8.75. The normalized spacial score (nSPS) is 16.2. The van der Waals surface area contributed by atoms with Crippen molar-refractivity contribution in [2.24, 2.45) is 5.41 Å². The second-order valence-electron chi connectivity index (χ2n) is 14.5. The summed E-state index contributed by atoms with van der Waals surface area (Å²) in [5.74, 6) is 0. The van der Waals surface area contributed by atoms with Gasteiger partial charge in [-0.1, -0.05) is 132 Å². The van der Waals surface area contributed by atoms with E-state index in [2.05, 4.69) is 41.7 Å². The Bertz CT molecular complexity index is 2630. The van der Waals surface area contributed by atoms with Crippen molar-refractivity contribution in [2.45, 2.75) is 72.8 Å². The molecule has 0 aliphatic carbocycles. The smallest absolute Gasteiger partial charge is 0.121 e. The summed E-state index contributed by atoms with van der Waals surface area (Å²) in [6.07, 6.45) is 1.68. The van der Waals surface area contributed by atoms with Crippen LogP contribution in [0, 0.1) is 17.5 Å². The van der Waals surface area contributed by atoms with E-state index in [4.69, 9.17) is 19.5 Å². The molecule has 0 amide bonds. The molecule has 263 valence electrons. The van der Waals surface area contributed by atoms with Crippen LogP contribution in [0.5, 0.6) is 0 Å². The third-order valence-electron chi connectivity index (χ3n) is 8.20. The molecule has 3 nitrogen and oxygen atoms in total. The number of hydrogen-bond acceptors (Lipinski definition) is 3. The van der Waals surface area contributed by atoms with E-state index in [1.807, 2.05) is 112 Å². The van der Waals surface area contributed by atoms with Crippen molar-refractivity contribution in [1.82, 2.24) is 9.97 Å². The minimum absolute atomic E-state index is 0. The van der Waals surface area contributed by atoms with Gasteiger partial charge >= 0.3 is 0 Å². The molecule has 0 spiro atoms. The SMILES string of the molecule is [2H]C([2H])([2H])C(c1ccnc(-c2[c-]ccc3c2oc2cc(-c4ccccc4)ccc23)c1)(C([2H])([2H])[2H])C([2H])([2H])[2H].[2H]C([2H])(c1cc(-c2[c-]cccc2)ncc1[Si](C)(C)C)C(C)(C)C.[Ir]. The van der Waals surface area contributed by atoms with Crippen LogP contribution in [0.25, 0.3) is 55.6 Å². The van der Waals surface area contributed by atoms with Crippen molar-refractivity contribution in [2.75, 3.05) is 0 Å². The Labute approximate surface area is 334 Å². The van der Waals surface area contributed by atoms with Crippen LogP contribution in [0.4, 0.5) is 0 Å². The van der Waals surface area contributed by atoms with E-state index in [0.29, 0.717) is 16.7 Å². The van der Waals surface area contributed by atoms with Gasteiger partial charge < -0.3 is 14.4 Å². The molecule has 7 aromatic rings.